The highest BCUT2D eigenvalue weighted by molar-refractivity contribution is 4.87. The van der Waals surface area contributed by atoms with Gasteiger partial charge in [0, 0.05) is 12.1 Å². The zero-order valence-electron chi connectivity index (χ0n) is 12.9. The molecule has 0 spiro atoms. The molecule has 0 aromatic rings. The second-order valence-electron chi connectivity index (χ2n) is 7.53. The van der Waals surface area contributed by atoms with Gasteiger partial charge in [-0.15, -0.1) is 0 Å². The van der Waals surface area contributed by atoms with E-state index < -0.39 is 0 Å². The van der Waals surface area contributed by atoms with Crippen LogP contribution in [0.1, 0.15) is 72.6 Å². The zero-order valence-corrected chi connectivity index (χ0v) is 12.9. The molecular formula is C17H33N. The second kappa shape index (κ2) is 6.41. The molecule has 18 heavy (non-hydrogen) atoms. The number of nitrogens with one attached hydrogen (secondary N) is 1. The number of hydrogen-bond acceptors (Lipinski definition) is 1. The topological polar surface area (TPSA) is 12.0 Å². The van der Waals surface area contributed by atoms with E-state index in [0.29, 0.717) is 0 Å². The van der Waals surface area contributed by atoms with Gasteiger partial charge in [0.15, 0.2) is 0 Å². The van der Waals surface area contributed by atoms with Crippen molar-refractivity contribution in [2.45, 2.75) is 84.7 Å². The Hall–Kier alpha value is -0.0400. The fourth-order valence-electron chi connectivity index (χ4n) is 4.06. The minimum Gasteiger partial charge on any atom is -0.311 e. The molecule has 0 heterocycles. The van der Waals surface area contributed by atoms with Crippen molar-refractivity contribution in [3.05, 3.63) is 0 Å². The molecule has 2 aliphatic carbocycles. The molecule has 0 aromatic heterocycles. The summed E-state index contributed by atoms with van der Waals surface area (Å²) in [6, 6.07) is 1.51. The van der Waals surface area contributed by atoms with E-state index >= 15 is 0 Å². The summed E-state index contributed by atoms with van der Waals surface area (Å²) >= 11 is 0. The van der Waals surface area contributed by atoms with Gasteiger partial charge < -0.3 is 5.32 Å². The molecule has 0 aliphatic heterocycles. The van der Waals surface area contributed by atoms with Crippen LogP contribution >= 0.6 is 0 Å². The average molecular weight is 251 g/mol. The monoisotopic (exact) mass is 251 g/mol. The largest absolute Gasteiger partial charge is 0.311 e. The van der Waals surface area contributed by atoms with Crippen LogP contribution in [0.3, 0.4) is 0 Å². The third-order valence-electron chi connectivity index (χ3n) is 5.43. The van der Waals surface area contributed by atoms with Gasteiger partial charge in [-0.1, -0.05) is 46.5 Å². The van der Waals surface area contributed by atoms with Crippen LogP contribution in [-0.4, -0.2) is 12.1 Å². The summed E-state index contributed by atoms with van der Waals surface area (Å²) in [6.45, 7) is 9.66. The molecule has 2 aliphatic rings. The van der Waals surface area contributed by atoms with E-state index in [1.54, 1.807) is 0 Å². The van der Waals surface area contributed by atoms with Crippen LogP contribution in [0.4, 0.5) is 0 Å². The van der Waals surface area contributed by atoms with Crippen LogP contribution in [-0.2, 0) is 0 Å². The third-order valence-corrected chi connectivity index (χ3v) is 5.43. The Morgan fingerprint density at radius 2 is 1.78 bits per heavy atom. The van der Waals surface area contributed by atoms with E-state index in [9.17, 15) is 0 Å². The molecule has 0 radical (unpaired) electrons. The highest BCUT2D eigenvalue weighted by Crippen LogP contribution is 2.35. The number of hydrogen-bond donors (Lipinski definition) is 1. The van der Waals surface area contributed by atoms with E-state index in [0.717, 1.165) is 35.8 Å². The Kier molecular flexibility index (Phi) is 5.12. The van der Waals surface area contributed by atoms with Crippen molar-refractivity contribution < 1.29 is 0 Å². The lowest BCUT2D eigenvalue weighted by molar-refractivity contribution is 0.150. The molecule has 1 nitrogen and oxygen atoms in total. The van der Waals surface area contributed by atoms with Gasteiger partial charge in [-0.3, -0.25) is 0 Å². The van der Waals surface area contributed by atoms with Crippen molar-refractivity contribution in [2.24, 2.45) is 23.7 Å². The van der Waals surface area contributed by atoms with Crippen LogP contribution in [0.25, 0.3) is 0 Å². The van der Waals surface area contributed by atoms with E-state index in [2.05, 4.69) is 33.0 Å². The third kappa shape index (κ3) is 3.73. The summed E-state index contributed by atoms with van der Waals surface area (Å²) in [5.41, 5.74) is 0. The molecule has 4 unspecified atom stereocenters. The number of rotatable bonds is 5. The van der Waals surface area contributed by atoms with Crippen LogP contribution < -0.4 is 5.32 Å². The summed E-state index contributed by atoms with van der Waals surface area (Å²) in [6.07, 6.45) is 10.1. The molecule has 1 heteroatoms. The first-order valence-electron chi connectivity index (χ1n) is 8.32. The molecule has 2 rings (SSSR count). The minimum atomic E-state index is 0.729. The first-order chi connectivity index (χ1) is 8.56. The molecule has 0 saturated heterocycles. The molecular weight excluding hydrogens is 218 g/mol. The van der Waals surface area contributed by atoms with Gasteiger partial charge in [0.1, 0.15) is 0 Å². The molecule has 0 aromatic carbocycles. The quantitative estimate of drug-likeness (QED) is 0.752. The van der Waals surface area contributed by atoms with E-state index in [1.165, 1.54) is 44.9 Å². The zero-order chi connectivity index (χ0) is 13.1. The van der Waals surface area contributed by atoms with Crippen LogP contribution in [0.15, 0.2) is 0 Å². The molecule has 0 amide bonds. The maximum atomic E-state index is 3.98. The highest BCUT2D eigenvalue weighted by Gasteiger charge is 2.31. The van der Waals surface area contributed by atoms with Crippen molar-refractivity contribution >= 4 is 0 Å². The van der Waals surface area contributed by atoms with Gasteiger partial charge in [0.05, 0.1) is 0 Å². The molecule has 2 fully saturated rings. The van der Waals surface area contributed by atoms with Crippen LogP contribution in [0.2, 0.25) is 0 Å². The smallest absolute Gasteiger partial charge is 0.0103 e. The lowest BCUT2D eigenvalue weighted by atomic mass is 9.73. The fraction of sp³-hybridized carbons (Fsp3) is 1.00. The maximum absolute atomic E-state index is 3.98. The normalized spacial score (nSPS) is 35.5. The van der Waals surface area contributed by atoms with E-state index in [4.69, 9.17) is 0 Å². The SMILES string of the molecule is CC1CCC(C(C)C)C(NC(C)CC2CCC2)C1. The molecule has 4 atom stereocenters. The van der Waals surface area contributed by atoms with Gasteiger partial charge in [-0.05, 0) is 49.9 Å². The van der Waals surface area contributed by atoms with Gasteiger partial charge in [0.2, 0.25) is 0 Å². The van der Waals surface area contributed by atoms with Crippen molar-refractivity contribution in [1.82, 2.24) is 5.32 Å². The fourth-order valence-corrected chi connectivity index (χ4v) is 4.06. The Bertz CT molecular complexity index is 244. The Balaban J connectivity index is 1.82. The summed E-state index contributed by atoms with van der Waals surface area (Å²) in [5, 5.41) is 3.98. The van der Waals surface area contributed by atoms with Crippen molar-refractivity contribution in [3.63, 3.8) is 0 Å². The van der Waals surface area contributed by atoms with Gasteiger partial charge in [0.25, 0.3) is 0 Å². The van der Waals surface area contributed by atoms with Crippen LogP contribution in [0.5, 0.6) is 0 Å². The predicted octanol–water partition coefficient (Wildman–Crippen LogP) is 4.62. The summed E-state index contributed by atoms with van der Waals surface area (Å²) in [5.74, 6) is 3.70. The van der Waals surface area contributed by atoms with E-state index in [-0.39, 0.29) is 0 Å². The van der Waals surface area contributed by atoms with Gasteiger partial charge >= 0.3 is 0 Å². The molecule has 1 N–H and O–H groups in total. The summed E-state index contributed by atoms with van der Waals surface area (Å²) < 4.78 is 0. The predicted molar refractivity (Wildman–Crippen MR) is 79.7 cm³/mol. The first-order valence-corrected chi connectivity index (χ1v) is 8.32. The maximum Gasteiger partial charge on any atom is 0.0103 e. The van der Waals surface area contributed by atoms with Gasteiger partial charge in [-0.25, -0.2) is 0 Å². The first kappa shape index (κ1) is 14.4. The van der Waals surface area contributed by atoms with Gasteiger partial charge in [-0.2, -0.15) is 0 Å². The molecule has 2 saturated carbocycles. The Morgan fingerprint density at radius 1 is 1.06 bits per heavy atom. The lowest BCUT2D eigenvalue weighted by Crippen LogP contribution is -2.47. The molecule has 106 valence electrons. The Labute approximate surface area is 114 Å². The van der Waals surface area contributed by atoms with E-state index in [1.807, 2.05) is 0 Å². The standard InChI is InChI=1S/C17H33N/c1-12(2)16-9-8-13(3)10-17(16)18-14(4)11-15-6-5-7-15/h12-18H,5-11H2,1-4H3. The van der Waals surface area contributed by atoms with Crippen molar-refractivity contribution in [3.8, 4) is 0 Å². The lowest BCUT2D eigenvalue weighted by Gasteiger charge is -2.40. The second-order valence-corrected chi connectivity index (χ2v) is 7.53. The Morgan fingerprint density at radius 3 is 2.33 bits per heavy atom. The summed E-state index contributed by atoms with van der Waals surface area (Å²) in [4.78, 5) is 0. The van der Waals surface area contributed by atoms with Crippen molar-refractivity contribution in [1.29, 1.82) is 0 Å². The van der Waals surface area contributed by atoms with Crippen molar-refractivity contribution in [2.75, 3.05) is 0 Å². The highest BCUT2D eigenvalue weighted by atomic mass is 15.0. The molecule has 0 bridgehead atoms. The minimum absolute atomic E-state index is 0.729. The summed E-state index contributed by atoms with van der Waals surface area (Å²) in [7, 11) is 0. The average Bonchev–Trinajstić information content (AvgIpc) is 2.23. The van der Waals surface area contributed by atoms with Crippen LogP contribution in [0, 0.1) is 23.7 Å².